The summed E-state index contributed by atoms with van der Waals surface area (Å²) in [6, 6.07) is 14.8. The first-order valence-corrected chi connectivity index (χ1v) is 9.17. The molecule has 0 bridgehead atoms. The van der Waals surface area contributed by atoms with E-state index in [1.54, 1.807) is 48.5 Å². The highest BCUT2D eigenvalue weighted by molar-refractivity contribution is 6.00. The Labute approximate surface area is 167 Å². The number of carbonyl (C=O) groups is 3. The van der Waals surface area contributed by atoms with Crippen molar-refractivity contribution in [1.29, 1.82) is 5.41 Å². The number of nitrogen functional groups attached to an aromatic ring is 1. The van der Waals surface area contributed by atoms with Crippen LogP contribution in [0, 0.1) is 17.2 Å². The minimum Gasteiger partial charge on any atom is -0.481 e. The molecule has 0 radical (unpaired) electrons. The van der Waals surface area contributed by atoms with Gasteiger partial charge in [0.05, 0.1) is 24.3 Å². The topological polar surface area (TPSA) is 145 Å². The lowest BCUT2D eigenvalue weighted by molar-refractivity contribution is -0.138. The predicted molar refractivity (Wildman–Crippen MR) is 107 cm³/mol. The molecule has 150 valence electrons. The van der Waals surface area contributed by atoms with Crippen molar-refractivity contribution >= 4 is 29.3 Å². The summed E-state index contributed by atoms with van der Waals surface area (Å²) in [7, 11) is 0. The molecule has 1 aliphatic carbocycles. The maximum atomic E-state index is 12.5. The molecule has 2 aromatic carbocycles. The van der Waals surface area contributed by atoms with E-state index in [1.165, 1.54) is 0 Å². The van der Waals surface area contributed by atoms with Crippen LogP contribution in [0.15, 0.2) is 54.6 Å². The van der Waals surface area contributed by atoms with Crippen molar-refractivity contribution in [1.82, 2.24) is 5.32 Å². The molecule has 0 aliphatic heterocycles. The van der Waals surface area contributed by atoms with E-state index in [-0.39, 0.29) is 24.1 Å². The molecule has 3 rings (SSSR count). The van der Waals surface area contributed by atoms with Crippen LogP contribution in [0.5, 0.6) is 0 Å². The predicted octanol–water partition coefficient (Wildman–Crippen LogP) is 1.88. The average molecular weight is 394 g/mol. The van der Waals surface area contributed by atoms with E-state index in [0.717, 1.165) is 0 Å². The number of aliphatic carboxylic acids is 1. The zero-order chi connectivity index (χ0) is 21.0. The smallest absolute Gasteiger partial charge is 0.305 e. The van der Waals surface area contributed by atoms with E-state index in [9.17, 15) is 14.4 Å². The Balaban J connectivity index is 1.57. The van der Waals surface area contributed by atoms with Crippen molar-refractivity contribution in [2.24, 2.45) is 17.6 Å². The summed E-state index contributed by atoms with van der Waals surface area (Å²) < 4.78 is 0. The van der Waals surface area contributed by atoms with Gasteiger partial charge in [-0.1, -0.05) is 30.3 Å². The second-order valence-corrected chi connectivity index (χ2v) is 7.00. The molecule has 1 aliphatic rings. The lowest BCUT2D eigenvalue weighted by Gasteiger charge is -2.17. The number of anilines is 1. The highest BCUT2D eigenvalue weighted by Gasteiger charge is 2.48. The SMILES string of the molecule is N=C(N)c1ccc(NC(=O)C2CC2C(=O)N[C@@H](CC(=O)O)c2ccccc2)cc1. The Morgan fingerprint density at radius 2 is 1.66 bits per heavy atom. The number of nitrogens with two attached hydrogens (primary N) is 1. The average Bonchev–Trinajstić information content (AvgIpc) is 3.49. The van der Waals surface area contributed by atoms with Crippen molar-refractivity contribution < 1.29 is 19.5 Å². The summed E-state index contributed by atoms with van der Waals surface area (Å²) in [5.74, 6) is -2.60. The van der Waals surface area contributed by atoms with Crippen LogP contribution in [0.4, 0.5) is 5.69 Å². The quantitative estimate of drug-likeness (QED) is 0.343. The molecule has 2 unspecified atom stereocenters. The third-order valence-electron chi connectivity index (χ3n) is 4.82. The summed E-state index contributed by atoms with van der Waals surface area (Å²) in [5, 5.41) is 22.0. The van der Waals surface area contributed by atoms with Crippen LogP contribution in [0.25, 0.3) is 0 Å². The monoisotopic (exact) mass is 394 g/mol. The number of benzene rings is 2. The van der Waals surface area contributed by atoms with E-state index in [0.29, 0.717) is 23.2 Å². The van der Waals surface area contributed by atoms with Crippen molar-refractivity contribution in [3.63, 3.8) is 0 Å². The third-order valence-corrected chi connectivity index (χ3v) is 4.82. The lowest BCUT2D eigenvalue weighted by atomic mass is 10.0. The number of nitrogens with one attached hydrogen (secondary N) is 3. The van der Waals surface area contributed by atoms with E-state index in [4.69, 9.17) is 16.2 Å². The number of carbonyl (C=O) groups excluding carboxylic acids is 2. The minimum absolute atomic E-state index is 0.0591. The Morgan fingerprint density at radius 1 is 1.03 bits per heavy atom. The van der Waals surface area contributed by atoms with Gasteiger partial charge < -0.3 is 21.5 Å². The van der Waals surface area contributed by atoms with Gasteiger partial charge in [0.2, 0.25) is 11.8 Å². The summed E-state index contributed by atoms with van der Waals surface area (Å²) in [6.45, 7) is 0. The van der Waals surface area contributed by atoms with E-state index in [2.05, 4.69) is 10.6 Å². The fourth-order valence-electron chi connectivity index (χ4n) is 3.13. The molecule has 0 aromatic heterocycles. The Kier molecular flexibility index (Phi) is 5.92. The van der Waals surface area contributed by atoms with Crippen LogP contribution in [-0.4, -0.2) is 28.7 Å². The van der Waals surface area contributed by atoms with Gasteiger partial charge in [0.25, 0.3) is 0 Å². The van der Waals surface area contributed by atoms with E-state index >= 15 is 0 Å². The summed E-state index contributed by atoms with van der Waals surface area (Å²) in [4.78, 5) is 36.1. The van der Waals surface area contributed by atoms with Crippen LogP contribution >= 0.6 is 0 Å². The number of hydrogen-bond donors (Lipinski definition) is 5. The third kappa shape index (κ3) is 5.19. The van der Waals surface area contributed by atoms with Crippen molar-refractivity contribution in [2.45, 2.75) is 18.9 Å². The minimum atomic E-state index is -1.02. The first-order valence-electron chi connectivity index (χ1n) is 9.17. The molecule has 8 nitrogen and oxygen atoms in total. The molecule has 2 amide bonds. The van der Waals surface area contributed by atoms with Crippen LogP contribution in [0.2, 0.25) is 0 Å². The maximum Gasteiger partial charge on any atom is 0.305 e. The van der Waals surface area contributed by atoms with E-state index in [1.807, 2.05) is 6.07 Å². The molecule has 2 aromatic rings. The molecular weight excluding hydrogens is 372 g/mol. The fraction of sp³-hybridized carbons (Fsp3) is 0.238. The van der Waals surface area contributed by atoms with Crippen LogP contribution in [0.3, 0.4) is 0 Å². The molecule has 0 spiro atoms. The number of carboxylic acids is 1. The first-order chi connectivity index (χ1) is 13.8. The fourth-order valence-corrected chi connectivity index (χ4v) is 3.13. The molecule has 0 saturated heterocycles. The lowest BCUT2D eigenvalue weighted by Crippen LogP contribution is -2.32. The number of hydrogen-bond acceptors (Lipinski definition) is 4. The van der Waals surface area contributed by atoms with Gasteiger partial charge in [-0.15, -0.1) is 0 Å². The molecule has 3 atom stereocenters. The molecule has 8 heteroatoms. The number of carboxylic acid groups (broad SMARTS) is 1. The Bertz CT molecular complexity index is 927. The van der Waals surface area contributed by atoms with Crippen LogP contribution in [-0.2, 0) is 14.4 Å². The number of amidine groups is 1. The Morgan fingerprint density at radius 3 is 2.24 bits per heavy atom. The zero-order valence-corrected chi connectivity index (χ0v) is 15.6. The number of amides is 2. The second-order valence-electron chi connectivity index (χ2n) is 7.00. The van der Waals surface area contributed by atoms with Gasteiger partial charge in [0, 0.05) is 11.3 Å². The summed E-state index contributed by atoms with van der Waals surface area (Å²) in [5.41, 5.74) is 7.21. The van der Waals surface area contributed by atoms with Gasteiger partial charge in [-0.3, -0.25) is 19.8 Å². The highest BCUT2D eigenvalue weighted by atomic mass is 16.4. The van der Waals surface area contributed by atoms with Crippen molar-refractivity contribution in [2.75, 3.05) is 5.32 Å². The second kappa shape index (κ2) is 8.55. The van der Waals surface area contributed by atoms with Gasteiger partial charge >= 0.3 is 5.97 Å². The summed E-state index contributed by atoms with van der Waals surface area (Å²) >= 11 is 0. The first kappa shape index (κ1) is 20.1. The standard InChI is InChI=1S/C21H22N4O4/c22-19(23)13-6-8-14(9-7-13)24-20(28)15-10-16(15)21(29)25-17(11-18(26)27)12-4-2-1-3-5-12/h1-9,15-17H,10-11H2,(H3,22,23)(H,24,28)(H,25,29)(H,26,27)/t15?,16?,17-/m0/s1. The normalized spacial score (nSPS) is 18.3. The molecular formula is C21H22N4O4. The van der Waals surface area contributed by atoms with Gasteiger partial charge in [0.15, 0.2) is 0 Å². The maximum absolute atomic E-state index is 12.5. The molecule has 29 heavy (non-hydrogen) atoms. The van der Waals surface area contributed by atoms with E-state index < -0.39 is 23.8 Å². The van der Waals surface area contributed by atoms with Gasteiger partial charge in [-0.25, -0.2) is 0 Å². The molecule has 0 heterocycles. The Hall–Kier alpha value is -3.68. The zero-order valence-electron chi connectivity index (χ0n) is 15.6. The van der Waals surface area contributed by atoms with Crippen LogP contribution in [0.1, 0.15) is 30.0 Å². The van der Waals surface area contributed by atoms with Crippen molar-refractivity contribution in [3.05, 3.63) is 65.7 Å². The van der Waals surface area contributed by atoms with Gasteiger partial charge in [-0.2, -0.15) is 0 Å². The van der Waals surface area contributed by atoms with Crippen molar-refractivity contribution in [3.8, 4) is 0 Å². The highest BCUT2D eigenvalue weighted by Crippen LogP contribution is 2.40. The molecule has 6 N–H and O–H groups in total. The molecule has 1 fully saturated rings. The number of rotatable bonds is 8. The summed E-state index contributed by atoms with van der Waals surface area (Å²) in [6.07, 6.45) is 0.180. The molecule has 1 saturated carbocycles. The van der Waals surface area contributed by atoms with Crippen LogP contribution < -0.4 is 16.4 Å². The largest absolute Gasteiger partial charge is 0.481 e. The van der Waals surface area contributed by atoms with Gasteiger partial charge in [-0.05, 0) is 36.2 Å². The van der Waals surface area contributed by atoms with Gasteiger partial charge in [0.1, 0.15) is 5.84 Å².